The number of thiazole rings is 1. The SMILES string of the molecule is COc1ccc(Cc2sc3nc(=O)c4cn(C)nc4n3c2C)cc1. The lowest BCUT2D eigenvalue weighted by atomic mass is 10.1. The third-order valence-corrected chi connectivity index (χ3v) is 5.26. The number of benzene rings is 1. The molecule has 24 heavy (non-hydrogen) atoms. The second kappa shape index (κ2) is 5.45. The molecule has 7 heteroatoms. The Bertz CT molecular complexity index is 1110. The van der Waals surface area contributed by atoms with Gasteiger partial charge in [0.25, 0.3) is 5.56 Å². The number of ether oxygens (including phenoxy) is 1. The highest BCUT2D eigenvalue weighted by Gasteiger charge is 2.16. The van der Waals surface area contributed by atoms with Crippen LogP contribution in [0.5, 0.6) is 5.75 Å². The molecule has 3 aromatic heterocycles. The van der Waals surface area contributed by atoms with Crippen molar-refractivity contribution in [2.24, 2.45) is 7.05 Å². The van der Waals surface area contributed by atoms with E-state index in [-0.39, 0.29) is 5.56 Å². The van der Waals surface area contributed by atoms with E-state index >= 15 is 0 Å². The van der Waals surface area contributed by atoms with E-state index in [1.54, 1.807) is 18.0 Å². The molecule has 0 unspecified atom stereocenters. The van der Waals surface area contributed by atoms with Crippen LogP contribution in [0.4, 0.5) is 0 Å². The number of aryl methyl sites for hydroxylation is 2. The van der Waals surface area contributed by atoms with Crippen molar-refractivity contribution in [1.82, 2.24) is 19.2 Å². The van der Waals surface area contributed by atoms with Crippen LogP contribution in [-0.4, -0.2) is 26.3 Å². The second-order valence-corrected chi connectivity index (χ2v) is 6.77. The minimum absolute atomic E-state index is 0.227. The maximum absolute atomic E-state index is 12.2. The third kappa shape index (κ3) is 2.28. The molecule has 0 atom stereocenters. The van der Waals surface area contributed by atoms with Crippen LogP contribution in [0.2, 0.25) is 0 Å². The van der Waals surface area contributed by atoms with Crippen molar-refractivity contribution in [1.29, 1.82) is 0 Å². The number of hydrogen-bond donors (Lipinski definition) is 0. The molecule has 0 N–H and O–H groups in total. The summed E-state index contributed by atoms with van der Waals surface area (Å²) in [5.41, 5.74) is 2.70. The average molecular weight is 340 g/mol. The summed E-state index contributed by atoms with van der Waals surface area (Å²) in [5, 5.41) is 4.98. The Labute approximate surface area is 142 Å². The Morgan fingerprint density at radius 3 is 2.71 bits per heavy atom. The van der Waals surface area contributed by atoms with Gasteiger partial charge in [0.1, 0.15) is 11.1 Å². The van der Waals surface area contributed by atoms with Crippen LogP contribution >= 0.6 is 11.3 Å². The van der Waals surface area contributed by atoms with E-state index in [1.807, 2.05) is 30.5 Å². The number of fused-ring (bicyclic) bond motifs is 3. The molecule has 1 aromatic carbocycles. The standard InChI is InChI=1S/C17H16N4O2S/c1-10-14(8-11-4-6-12(23-3)7-5-11)24-17-18-16(22)13-9-20(2)19-15(13)21(10)17/h4-7,9H,8H2,1-3H3. The Hall–Kier alpha value is -2.67. The van der Waals surface area contributed by atoms with Gasteiger partial charge < -0.3 is 4.74 Å². The lowest BCUT2D eigenvalue weighted by Crippen LogP contribution is -2.08. The van der Waals surface area contributed by atoms with Crippen LogP contribution in [0.1, 0.15) is 16.1 Å². The monoisotopic (exact) mass is 340 g/mol. The van der Waals surface area contributed by atoms with Crippen LogP contribution in [0.15, 0.2) is 35.3 Å². The van der Waals surface area contributed by atoms with Gasteiger partial charge in [-0.25, -0.2) is 0 Å². The summed E-state index contributed by atoms with van der Waals surface area (Å²) < 4.78 is 8.82. The maximum Gasteiger partial charge on any atom is 0.285 e. The summed E-state index contributed by atoms with van der Waals surface area (Å²) in [5.74, 6) is 0.842. The van der Waals surface area contributed by atoms with E-state index < -0.39 is 0 Å². The van der Waals surface area contributed by atoms with Crippen molar-refractivity contribution >= 4 is 27.3 Å². The predicted octanol–water partition coefficient (Wildman–Crippen LogP) is 2.55. The van der Waals surface area contributed by atoms with Crippen LogP contribution in [0, 0.1) is 6.92 Å². The molecule has 0 bridgehead atoms. The predicted molar refractivity (Wildman–Crippen MR) is 94.1 cm³/mol. The van der Waals surface area contributed by atoms with Crippen LogP contribution in [0.25, 0.3) is 16.0 Å². The molecule has 0 radical (unpaired) electrons. The van der Waals surface area contributed by atoms with Gasteiger partial charge in [0.15, 0.2) is 10.6 Å². The largest absolute Gasteiger partial charge is 0.497 e. The van der Waals surface area contributed by atoms with Crippen molar-refractivity contribution in [3.05, 3.63) is 57.0 Å². The molecular weight excluding hydrogens is 324 g/mol. The molecule has 6 nitrogen and oxygen atoms in total. The summed E-state index contributed by atoms with van der Waals surface area (Å²) in [6.45, 7) is 2.04. The summed E-state index contributed by atoms with van der Waals surface area (Å²) in [7, 11) is 3.47. The molecule has 0 aliphatic carbocycles. The van der Waals surface area contributed by atoms with Gasteiger partial charge in [-0.2, -0.15) is 10.1 Å². The average Bonchev–Trinajstić information content (AvgIpc) is 3.09. The van der Waals surface area contributed by atoms with E-state index in [4.69, 9.17) is 4.74 Å². The minimum Gasteiger partial charge on any atom is -0.497 e. The first-order valence-corrected chi connectivity index (χ1v) is 8.36. The summed E-state index contributed by atoms with van der Waals surface area (Å²) in [6, 6.07) is 8.01. The Morgan fingerprint density at radius 1 is 1.25 bits per heavy atom. The molecule has 0 fully saturated rings. The maximum atomic E-state index is 12.2. The molecule has 0 saturated heterocycles. The summed E-state index contributed by atoms with van der Waals surface area (Å²) >= 11 is 1.54. The minimum atomic E-state index is -0.227. The van der Waals surface area contributed by atoms with Crippen LogP contribution in [0.3, 0.4) is 0 Å². The highest BCUT2D eigenvalue weighted by atomic mass is 32.1. The molecule has 4 aromatic rings. The molecular formula is C17H16N4O2S. The van der Waals surface area contributed by atoms with Gasteiger partial charge in [-0.05, 0) is 24.6 Å². The van der Waals surface area contributed by atoms with Crippen molar-refractivity contribution in [2.45, 2.75) is 13.3 Å². The van der Waals surface area contributed by atoms with Gasteiger partial charge in [-0.1, -0.05) is 12.1 Å². The molecule has 0 amide bonds. The van der Waals surface area contributed by atoms with E-state index in [1.165, 1.54) is 21.8 Å². The molecule has 0 spiro atoms. The topological polar surface area (TPSA) is 61.4 Å². The van der Waals surface area contributed by atoms with Crippen LogP contribution in [-0.2, 0) is 13.5 Å². The van der Waals surface area contributed by atoms with E-state index in [9.17, 15) is 4.79 Å². The second-order valence-electron chi connectivity index (χ2n) is 5.71. The van der Waals surface area contributed by atoms with Gasteiger partial charge in [-0.3, -0.25) is 13.9 Å². The Kier molecular flexibility index (Phi) is 3.38. The van der Waals surface area contributed by atoms with Crippen molar-refractivity contribution in [3.63, 3.8) is 0 Å². The fourth-order valence-corrected chi connectivity index (χ4v) is 3.99. The zero-order chi connectivity index (χ0) is 16.8. The van der Waals surface area contributed by atoms with E-state index in [2.05, 4.69) is 22.2 Å². The van der Waals surface area contributed by atoms with Gasteiger partial charge in [0.2, 0.25) is 0 Å². The van der Waals surface area contributed by atoms with Gasteiger partial charge in [-0.15, -0.1) is 11.3 Å². The molecule has 3 heterocycles. The summed E-state index contributed by atoms with van der Waals surface area (Å²) in [6.07, 6.45) is 2.50. The van der Waals surface area contributed by atoms with Gasteiger partial charge in [0.05, 0.1) is 7.11 Å². The first kappa shape index (κ1) is 14.9. The first-order valence-electron chi connectivity index (χ1n) is 7.54. The molecule has 0 aliphatic heterocycles. The van der Waals surface area contributed by atoms with E-state index in [0.29, 0.717) is 16.0 Å². The number of methoxy groups -OCH3 is 1. The quantitative estimate of drug-likeness (QED) is 0.575. The molecule has 0 aliphatic rings. The number of rotatable bonds is 3. The van der Waals surface area contributed by atoms with Crippen molar-refractivity contribution in [3.8, 4) is 5.75 Å². The van der Waals surface area contributed by atoms with E-state index in [0.717, 1.165) is 17.9 Å². The molecule has 0 saturated carbocycles. The molecule has 4 rings (SSSR count). The third-order valence-electron chi connectivity index (χ3n) is 4.12. The lowest BCUT2D eigenvalue weighted by Gasteiger charge is -2.03. The number of aromatic nitrogens is 4. The smallest absolute Gasteiger partial charge is 0.285 e. The summed E-state index contributed by atoms with van der Waals surface area (Å²) in [4.78, 5) is 18.2. The highest BCUT2D eigenvalue weighted by Crippen LogP contribution is 2.26. The zero-order valence-electron chi connectivity index (χ0n) is 13.6. The number of hydrogen-bond acceptors (Lipinski definition) is 5. The first-order chi connectivity index (χ1) is 11.6. The zero-order valence-corrected chi connectivity index (χ0v) is 14.4. The Morgan fingerprint density at radius 2 is 2.00 bits per heavy atom. The number of nitrogens with zero attached hydrogens (tertiary/aromatic N) is 4. The fraction of sp³-hybridized carbons (Fsp3) is 0.235. The highest BCUT2D eigenvalue weighted by molar-refractivity contribution is 7.17. The fourth-order valence-electron chi connectivity index (χ4n) is 2.85. The lowest BCUT2D eigenvalue weighted by molar-refractivity contribution is 0.414. The van der Waals surface area contributed by atoms with Crippen molar-refractivity contribution < 1.29 is 4.74 Å². The normalized spacial score (nSPS) is 11.5. The van der Waals surface area contributed by atoms with Crippen molar-refractivity contribution in [2.75, 3.05) is 7.11 Å². The van der Waals surface area contributed by atoms with Crippen LogP contribution < -0.4 is 10.3 Å². The molecule has 122 valence electrons. The van der Waals surface area contributed by atoms with Gasteiger partial charge >= 0.3 is 0 Å². The van der Waals surface area contributed by atoms with Gasteiger partial charge in [0, 0.05) is 30.2 Å². The Balaban J connectivity index is 1.85.